The second kappa shape index (κ2) is 5.54. The second-order valence-electron chi connectivity index (χ2n) is 7.09. The lowest BCUT2D eigenvalue weighted by Gasteiger charge is -2.57. The van der Waals surface area contributed by atoms with Crippen molar-refractivity contribution in [3.8, 4) is 0 Å². The summed E-state index contributed by atoms with van der Waals surface area (Å²) in [6.45, 7) is 7.79. The number of hydrogen-bond donors (Lipinski definition) is 0. The van der Waals surface area contributed by atoms with Gasteiger partial charge in [-0.2, -0.15) is 0 Å². The summed E-state index contributed by atoms with van der Waals surface area (Å²) in [5.41, 5.74) is 2.24. The molecular formula is C17H27IO2. The van der Waals surface area contributed by atoms with Crippen LogP contribution in [-0.2, 0) is 9.47 Å². The van der Waals surface area contributed by atoms with E-state index in [1.54, 1.807) is 5.57 Å². The van der Waals surface area contributed by atoms with Gasteiger partial charge < -0.3 is 9.47 Å². The van der Waals surface area contributed by atoms with E-state index in [9.17, 15) is 0 Å². The highest BCUT2D eigenvalue weighted by atomic mass is 127. The fraction of sp³-hybridized carbons (Fsp3) is 0.882. The maximum Gasteiger partial charge on any atom is 0.158 e. The number of ether oxygens (including phenoxy) is 2. The number of allylic oxidation sites excluding steroid dienone is 1. The van der Waals surface area contributed by atoms with E-state index in [1.807, 2.05) is 0 Å². The Morgan fingerprint density at radius 3 is 2.95 bits per heavy atom. The third-order valence-electron chi connectivity index (χ3n) is 6.36. The molecule has 0 aromatic carbocycles. The minimum Gasteiger partial charge on any atom is -0.353 e. The first-order valence-electron chi connectivity index (χ1n) is 8.09. The van der Waals surface area contributed by atoms with Gasteiger partial charge in [0.15, 0.2) is 6.29 Å². The van der Waals surface area contributed by atoms with Crippen molar-refractivity contribution < 1.29 is 9.47 Å². The smallest absolute Gasteiger partial charge is 0.158 e. The molecule has 3 aliphatic rings. The van der Waals surface area contributed by atoms with Crippen molar-refractivity contribution in [2.45, 2.75) is 65.3 Å². The van der Waals surface area contributed by atoms with Crippen molar-refractivity contribution in [1.82, 2.24) is 0 Å². The average Bonchev–Trinajstić information content (AvgIpc) is 2.79. The molecule has 0 N–H and O–H groups in total. The molecule has 1 saturated heterocycles. The van der Waals surface area contributed by atoms with Crippen LogP contribution in [0.1, 0.15) is 52.9 Å². The molecule has 0 bridgehead atoms. The van der Waals surface area contributed by atoms with Crippen LogP contribution in [0.15, 0.2) is 11.6 Å². The highest BCUT2D eigenvalue weighted by molar-refractivity contribution is 14.1. The van der Waals surface area contributed by atoms with Crippen molar-refractivity contribution in [2.75, 3.05) is 11.0 Å². The molecule has 0 aromatic rings. The Kier molecular flexibility index (Phi) is 4.24. The molecule has 0 amide bonds. The van der Waals surface area contributed by atoms with E-state index < -0.39 is 0 Å². The van der Waals surface area contributed by atoms with Gasteiger partial charge in [-0.25, -0.2) is 0 Å². The molecule has 1 spiro atoms. The van der Waals surface area contributed by atoms with Gasteiger partial charge >= 0.3 is 0 Å². The fourth-order valence-electron chi connectivity index (χ4n) is 4.91. The van der Waals surface area contributed by atoms with E-state index in [2.05, 4.69) is 49.4 Å². The van der Waals surface area contributed by atoms with Crippen molar-refractivity contribution in [3.05, 3.63) is 11.6 Å². The standard InChI is InChI=1S/C17H27IO2/c1-4-19-15-10-17-9-13(11-18)7-8-16(17,3)12(2)5-6-14(17)20-15/h9,12,14-15H,4-8,10-11H2,1-3H3/t12-,14+,15-,16+,17+/m1/s1. The Bertz CT molecular complexity index is 408. The van der Waals surface area contributed by atoms with Crippen molar-refractivity contribution in [2.24, 2.45) is 16.7 Å². The minimum atomic E-state index is 0.0134. The first-order valence-corrected chi connectivity index (χ1v) is 9.62. The second-order valence-corrected chi connectivity index (χ2v) is 7.85. The molecule has 3 heteroatoms. The number of halogens is 1. The van der Waals surface area contributed by atoms with Crippen LogP contribution in [0.3, 0.4) is 0 Å². The maximum atomic E-state index is 6.30. The Labute approximate surface area is 136 Å². The van der Waals surface area contributed by atoms with Crippen LogP contribution in [0.5, 0.6) is 0 Å². The van der Waals surface area contributed by atoms with Crippen molar-refractivity contribution in [3.63, 3.8) is 0 Å². The van der Waals surface area contributed by atoms with E-state index in [-0.39, 0.29) is 11.7 Å². The molecule has 0 aromatic heterocycles. The van der Waals surface area contributed by atoms with Crippen LogP contribution in [0.25, 0.3) is 0 Å². The van der Waals surface area contributed by atoms with E-state index in [4.69, 9.17) is 9.47 Å². The van der Waals surface area contributed by atoms with Gasteiger partial charge in [0.2, 0.25) is 0 Å². The Hall–Kier alpha value is 0.390. The van der Waals surface area contributed by atoms with Gasteiger partial charge in [-0.15, -0.1) is 0 Å². The average molecular weight is 390 g/mol. The molecular weight excluding hydrogens is 363 g/mol. The lowest BCUT2D eigenvalue weighted by molar-refractivity contribution is -0.147. The molecule has 0 radical (unpaired) electrons. The van der Waals surface area contributed by atoms with E-state index in [0.717, 1.165) is 23.4 Å². The lowest BCUT2D eigenvalue weighted by atomic mass is 9.47. The first kappa shape index (κ1) is 15.3. The van der Waals surface area contributed by atoms with Gasteiger partial charge in [-0.05, 0) is 43.9 Å². The van der Waals surface area contributed by atoms with Gasteiger partial charge in [-0.3, -0.25) is 0 Å². The molecule has 0 unspecified atom stereocenters. The fourth-order valence-corrected chi connectivity index (χ4v) is 5.51. The van der Waals surface area contributed by atoms with Crippen molar-refractivity contribution in [1.29, 1.82) is 0 Å². The summed E-state index contributed by atoms with van der Waals surface area (Å²) in [7, 11) is 0. The monoisotopic (exact) mass is 390 g/mol. The number of hydrogen-bond acceptors (Lipinski definition) is 2. The summed E-state index contributed by atoms with van der Waals surface area (Å²) in [4.78, 5) is 0. The zero-order valence-electron chi connectivity index (χ0n) is 13.0. The molecule has 3 rings (SSSR count). The summed E-state index contributed by atoms with van der Waals surface area (Å²) < 4.78 is 13.3. The highest BCUT2D eigenvalue weighted by Crippen LogP contribution is 2.65. The van der Waals surface area contributed by atoms with E-state index >= 15 is 0 Å². The third kappa shape index (κ3) is 2.11. The number of alkyl halides is 1. The molecule has 20 heavy (non-hydrogen) atoms. The molecule has 2 fully saturated rings. The summed E-state index contributed by atoms with van der Waals surface area (Å²) in [5.74, 6) is 0.787. The maximum absolute atomic E-state index is 6.30. The number of rotatable bonds is 3. The molecule has 1 heterocycles. The van der Waals surface area contributed by atoms with Gasteiger partial charge in [0.25, 0.3) is 0 Å². The normalized spacial score (nSPS) is 47.6. The van der Waals surface area contributed by atoms with Gasteiger partial charge in [-0.1, -0.05) is 48.1 Å². The quantitative estimate of drug-likeness (QED) is 0.395. The zero-order valence-corrected chi connectivity index (χ0v) is 15.1. The van der Waals surface area contributed by atoms with Crippen LogP contribution in [0.2, 0.25) is 0 Å². The van der Waals surface area contributed by atoms with Crippen LogP contribution in [0, 0.1) is 16.7 Å². The Balaban J connectivity index is 2.00. The third-order valence-corrected chi connectivity index (χ3v) is 7.34. The summed E-state index contributed by atoms with van der Waals surface area (Å²) >= 11 is 2.51. The first-order chi connectivity index (χ1) is 9.55. The Morgan fingerprint density at radius 2 is 2.25 bits per heavy atom. The molecule has 114 valence electrons. The molecule has 5 atom stereocenters. The molecule has 1 saturated carbocycles. The Morgan fingerprint density at radius 1 is 1.45 bits per heavy atom. The van der Waals surface area contributed by atoms with Crippen LogP contribution < -0.4 is 0 Å². The van der Waals surface area contributed by atoms with E-state index in [0.29, 0.717) is 11.5 Å². The topological polar surface area (TPSA) is 18.5 Å². The van der Waals surface area contributed by atoms with Gasteiger partial charge in [0.05, 0.1) is 6.10 Å². The molecule has 2 nitrogen and oxygen atoms in total. The molecule has 1 aliphatic heterocycles. The summed E-state index contributed by atoms with van der Waals surface area (Å²) in [6, 6.07) is 0. The van der Waals surface area contributed by atoms with Crippen molar-refractivity contribution >= 4 is 22.6 Å². The predicted molar refractivity (Wildman–Crippen MR) is 90.0 cm³/mol. The zero-order chi connectivity index (χ0) is 14.4. The predicted octanol–water partition coefficient (Wildman–Crippen LogP) is 4.72. The molecule has 2 aliphatic carbocycles. The highest BCUT2D eigenvalue weighted by Gasteiger charge is 2.62. The summed E-state index contributed by atoms with van der Waals surface area (Å²) in [6.07, 6.45) is 9.16. The summed E-state index contributed by atoms with van der Waals surface area (Å²) in [5, 5.41) is 0. The van der Waals surface area contributed by atoms with Crippen LogP contribution >= 0.6 is 22.6 Å². The van der Waals surface area contributed by atoms with Crippen LogP contribution in [0.4, 0.5) is 0 Å². The van der Waals surface area contributed by atoms with Gasteiger partial charge in [0.1, 0.15) is 0 Å². The van der Waals surface area contributed by atoms with Gasteiger partial charge in [0, 0.05) is 22.9 Å². The minimum absolute atomic E-state index is 0.0134. The van der Waals surface area contributed by atoms with Crippen LogP contribution in [-0.4, -0.2) is 23.4 Å². The largest absolute Gasteiger partial charge is 0.353 e. The lowest BCUT2D eigenvalue weighted by Crippen LogP contribution is -2.53. The SMILES string of the molecule is CCO[C@H]1C[C@]23C=C(CI)CC[C@@]2(C)[C@H](C)CC[C@@H]3O1. The van der Waals surface area contributed by atoms with E-state index in [1.165, 1.54) is 25.7 Å².